The summed E-state index contributed by atoms with van der Waals surface area (Å²) in [6.45, 7) is 0. The van der Waals surface area contributed by atoms with E-state index in [2.05, 4.69) is 5.32 Å². The van der Waals surface area contributed by atoms with Crippen LogP contribution in [-0.4, -0.2) is 7.05 Å². The lowest BCUT2D eigenvalue weighted by Gasteiger charge is -2.24. The van der Waals surface area contributed by atoms with Crippen LogP contribution < -0.4 is 5.32 Å². The van der Waals surface area contributed by atoms with E-state index in [4.69, 9.17) is 0 Å². The van der Waals surface area contributed by atoms with Crippen molar-refractivity contribution in [3.63, 3.8) is 0 Å². The highest BCUT2D eigenvalue weighted by atomic mass is 19.1. The molecule has 2 rings (SSSR count). The van der Waals surface area contributed by atoms with Crippen molar-refractivity contribution in [1.82, 2.24) is 5.32 Å². The average Bonchev–Trinajstić information content (AvgIpc) is 2.77. The van der Waals surface area contributed by atoms with Crippen LogP contribution in [0.25, 0.3) is 0 Å². The minimum absolute atomic E-state index is 0.191. The first kappa shape index (κ1) is 11.5. The normalized spacial score (nSPS) is 18.9. The Bertz CT molecular complexity index is 339. The fourth-order valence-corrected chi connectivity index (χ4v) is 2.71. The predicted octanol–water partition coefficient (Wildman–Crippen LogP) is 3.42. The molecule has 1 aromatic carbocycles. The molecule has 1 unspecified atom stereocenters. The maximum atomic E-state index is 13.7. The van der Waals surface area contributed by atoms with E-state index in [-0.39, 0.29) is 11.6 Å². The third kappa shape index (κ3) is 2.09. The molecule has 0 aromatic heterocycles. The second-order valence-corrected chi connectivity index (χ2v) is 4.45. The van der Waals surface area contributed by atoms with Crippen LogP contribution in [0, 0.1) is 17.6 Å². The average molecular weight is 225 g/mol. The number of halogens is 2. The summed E-state index contributed by atoms with van der Waals surface area (Å²) >= 11 is 0. The largest absolute Gasteiger partial charge is 0.313 e. The first-order valence-corrected chi connectivity index (χ1v) is 5.85. The third-order valence-corrected chi connectivity index (χ3v) is 3.49. The summed E-state index contributed by atoms with van der Waals surface area (Å²) in [6, 6.07) is 3.88. The Labute approximate surface area is 94.9 Å². The Morgan fingerprint density at radius 2 is 1.75 bits per heavy atom. The number of benzene rings is 1. The predicted molar refractivity (Wildman–Crippen MR) is 60.1 cm³/mol. The highest BCUT2D eigenvalue weighted by Gasteiger charge is 2.29. The Hall–Kier alpha value is -0.960. The lowest BCUT2D eigenvalue weighted by molar-refractivity contribution is 0.364. The van der Waals surface area contributed by atoms with Crippen LogP contribution in [0.5, 0.6) is 0 Å². The van der Waals surface area contributed by atoms with Gasteiger partial charge in [0.15, 0.2) is 0 Å². The molecule has 0 radical (unpaired) electrons. The molecule has 1 aromatic rings. The van der Waals surface area contributed by atoms with Gasteiger partial charge in [-0.05, 0) is 37.9 Å². The maximum absolute atomic E-state index is 13.7. The fraction of sp³-hybridized carbons (Fsp3) is 0.538. The Morgan fingerprint density at radius 3 is 2.25 bits per heavy atom. The molecule has 0 aliphatic heterocycles. The third-order valence-electron chi connectivity index (χ3n) is 3.49. The molecule has 1 aliphatic carbocycles. The van der Waals surface area contributed by atoms with Crippen molar-refractivity contribution in [3.8, 4) is 0 Å². The monoisotopic (exact) mass is 225 g/mol. The molecule has 0 bridgehead atoms. The van der Waals surface area contributed by atoms with Gasteiger partial charge < -0.3 is 5.32 Å². The zero-order chi connectivity index (χ0) is 11.5. The van der Waals surface area contributed by atoms with Crippen LogP contribution >= 0.6 is 0 Å². The van der Waals surface area contributed by atoms with E-state index in [1.54, 1.807) is 7.05 Å². The van der Waals surface area contributed by atoms with Gasteiger partial charge in [0, 0.05) is 11.6 Å². The Kier molecular flexibility index (Phi) is 3.54. The molecule has 0 amide bonds. The van der Waals surface area contributed by atoms with E-state index in [1.165, 1.54) is 31.0 Å². The van der Waals surface area contributed by atoms with Crippen molar-refractivity contribution < 1.29 is 8.78 Å². The van der Waals surface area contributed by atoms with Gasteiger partial charge >= 0.3 is 0 Å². The molecule has 0 saturated heterocycles. The molecule has 1 aliphatic rings. The summed E-state index contributed by atoms with van der Waals surface area (Å²) < 4.78 is 27.3. The molecular weight excluding hydrogens is 208 g/mol. The first-order chi connectivity index (χ1) is 7.74. The standard InChI is InChI=1S/C13H17F2N/c1-16-13(9-5-2-3-6-9)12-10(14)7-4-8-11(12)15/h4,7-9,13,16H,2-3,5-6H2,1H3. The van der Waals surface area contributed by atoms with Gasteiger partial charge in [0.25, 0.3) is 0 Å². The van der Waals surface area contributed by atoms with Crippen molar-refractivity contribution in [1.29, 1.82) is 0 Å². The second-order valence-electron chi connectivity index (χ2n) is 4.45. The van der Waals surface area contributed by atoms with Crippen molar-refractivity contribution in [2.75, 3.05) is 7.05 Å². The van der Waals surface area contributed by atoms with Crippen LogP contribution in [-0.2, 0) is 0 Å². The Balaban J connectivity index is 2.32. The summed E-state index contributed by atoms with van der Waals surface area (Å²) in [5, 5.41) is 3.06. The van der Waals surface area contributed by atoms with E-state index in [0.29, 0.717) is 5.92 Å². The molecule has 1 saturated carbocycles. The zero-order valence-electron chi connectivity index (χ0n) is 9.47. The summed E-state index contributed by atoms with van der Waals surface area (Å²) in [6.07, 6.45) is 4.44. The smallest absolute Gasteiger partial charge is 0.130 e. The summed E-state index contributed by atoms with van der Waals surface area (Å²) in [4.78, 5) is 0. The first-order valence-electron chi connectivity index (χ1n) is 5.85. The lowest BCUT2D eigenvalue weighted by atomic mass is 9.91. The minimum Gasteiger partial charge on any atom is -0.313 e. The second kappa shape index (κ2) is 4.91. The van der Waals surface area contributed by atoms with Gasteiger partial charge in [0.05, 0.1) is 0 Å². The van der Waals surface area contributed by atoms with Crippen LogP contribution in [0.15, 0.2) is 18.2 Å². The molecular formula is C13H17F2N. The van der Waals surface area contributed by atoms with Gasteiger partial charge in [-0.25, -0.2) is 8.78 Å². The van der Waals surface area contributed by atoms with Crippen molar-refractivity contribution in [2.24, 2.45) is 5.92 Å². The van der Waals surface area contributed by atoms with Crippen LogP contribution in [0.3, 0.4) is 0 Å². The summed E-state index contributed by atoms with van der Waals surface area (Å²) in [5.74, 6) is -0.520. The lowest BCUT2D eigenvalue weighted by Crippen LogP contribution is -2.25. The molecule has 0 heterocycles. The molecule has 1 fully saturated rings. The van der Waals surface area contributed by atoms with E-state index < -0.39 is 11.6 Å². The van der Waals surface area contributed by atoms with Gasteiger partial charge in [-0.15, -0.1) is 0 Å². The van der Waals surface area contributed by atoms with Gasteiger partial charge in [-0.1, -0.05) is 18.9 Å². The van der Waals surface area contributed by atoms with E-state index >= 15 is 0 Å². The molecule has 88 valence electrons. The van der Waals surface area contributed by atoms with Gasteiger partial charge in [0.2, 0.25) is 0 Å². The quantitative estimate of drug-likeness (QED) is 0.831. The molecule has 16 heavy (non-hydrogen) atoms. The van der Waals surface area contributed by atoms with Gasteiger partial charge in [0.1, 0.15) is 11.6 Å². The zero-order valence-corrected chi connectivity index (χ0v) is 9.47. The maximum Gasteiger partial charge on any atom is 0.130 e. The summed E-state index contributed by atoms with van der Waals surface area (Å²) in [5.41, 5.74) is 0.205. The number of hydrogen-bond acceptors (Lipinski definition) is 1. The van der Waals surface area contributed by atoms with Crippen molar-refractivity contribution in [2.45, 2.75) is 31.7 Å². The van der Waals surface area contributed by atoms with E-state index in [0.717, 1.165) is 12.8 Å². The van der Waals surface area contributed by atoms with Crippen molar-refractivity contribution >= 4 is 0 Å². The number of rotatable bonds is 3. The molecule has 0 spiro atoms. The SMILES string of the molecule is CNC(c1c(F)cccc1F)C1CCCC1. The van der Waals surface area contributed by atoms with Crippen LogP contribution in [0.1, 0.15) is 37.3 Å². The summed E-state index contributed by atoms with van der Waals surface area (Å²) in [7, 11) is 1.77. The number of nitrogens with one attached hydrogen (secondary N) is 1. The molecule has 1 atom stereocenters. The number of hydrogen-bond donors (Lipinski definition) is 1. The van der Waals surface area contributed by atoms with E-state index in [9.17, 15) is 8.78 Å². The highest BCUT2D eigenvalue weighted by Crippen LogP contribution is 2.37. The van der Waals surface area contributed by atoms with Crippen molar-refractivity contribution in [3.05, 3.63) is 35.4 Å². The minimum atomic E-state index is -0.439. The fourth-order valence-electron chi connectivity index (χ4n) is 2.71. The Morgan fingerprint density at radius 1 is 1.19 bits per heavy atom. The van der Waals surface area contributed by atoms with Crippen LogP contribution in [0.2, 0.25) is 0 Å². The van der Waals surface area contributed by atoms with Crippen LogP contribution in [0.4, 0.5) is 8.78 Å². The van der Waals surface area contributed by atoms with Gasteiger partial charge in [-0.3, -0.25) is 0 Å². The van der Waals surface area contributed by atoms with Gasteiger partial charge in [-0.2, -0.15) is 0 Å². The topological polar surface area (TPSA) is 12.0 Å². The highest BCUT2D eigenvalue weighted by molar-refractivity contribution is 5.24. The van der Waals surface area contributed by atoms with E-state index in [1.807, 2.05) is 0 Å². The molecule has 3 heteroatoms. The molecule has 1 nitrogen and oxygen atoms in total. The molecule has 1 N–H and O–H groups in total.